The molecule has 0 spiro atoms. The quantitative estimate of drug-likeness (QED) is 0.596. The summed E-state index contributed by atoms with van der Waals surface area (Å²) in [5.74, 6) is 0.0928. The number of amides is 1. The average molecular weight is 393 g/mol. The van der Waals surface area contributed by atoms with Crippen LogP contribution in [0.1, 0.15) is 37.5 Å². The largest absolute Gasteiger partial charge is 0.493 e. The SMILES string of the molecule is Cc1ccc2c(c1)c(N=NC(=O)COc1ccc(C(C)(C)C)cc1C)c(O)n2C. The van der Waals surface area contributed by atoms with Gasteiger partial charge in [0.05, 0.1) is 5.52 Å². The maximum atomic E-state index is 12.2. The van der Waals surface area contributed by atoms with Crippen LogP contribution in [0, 0.1) is 13.8 Å². The fourth-order valence-electron chi connectivity index (χ4n) is 3.18. The zero-order chi connectivity index (χ0) is 21.3. The van der Waals surface area contributed by atoms with Crippen molar-refractivity contribution in [1.82, 2.24) is 4.57 Å². The van der Waals surface area contributed by atoms with Gasteiger partial charge in [0.15, 0.2) is 12.3 Å². The van der Waals surface area contributed by atoms with Crippen LogP contribution < -0.4 is 4.74 Å². The van der Waals surface area contributed by atoms with Gasteiger partial charge in [-0.05, 0) is 48.6 Å². The molecule has 0 aliphatic carbocycles. The molecule has 152 valence electrons. The van der Waals surface area contributed by atoms with Crippen LogP contribution in [0.4, 0.5) is 5.69 Å². The van der Waals surface area contributed by atoms with Crippen molar-refractivity contribution >= 4 is 22.5 Å². The number of rotatable bonds is 4. The van der Waals surface area contributed by atoms with Crippen LogP contribution >= 0.6 is 0 Å². The lowest BCUT2D eigenvalue weighted by molar-refractivity contribution is -0.120. The van der Waals surface area contributed by atoms with Gasteiger partial charge in [-0.1, -0.05) is 44.5 Å². The summed E-state index contributed by atoms with van der Waals surface area (Å²) in [5.41, 5.74) is 4.35. The third-order valence-electron chi connectivity index (χ3n) is 4.95. The van der Waals surface area contributed by atoms with Crippen LogP contribution in [-0.2, 0) is 17.3 Å². The number of carbonyl (C=O) groups excluding carboxylic acids is 1. The number of aromatic hydroxyl groups is 1. The summed E-state index contributed by atoms with van der Waals surface area (Å²) in [6.45, 7) is 10.1. The van der Waals surface area contributed by atoms with E-state index in [1.54, 1.807) is 11.6 Å². The normalized spacial score (nSPS) is 12.1. The zero-order valence-corrected chi connectivity index (χ0v) is 17.8. The number of nitrogens with zero attached hydrogens (tertiary/aromatic N) is 3. The maximum Gasteiger partial charge on any atom is 0.302 e. The molecule has 0 fully saturated rings. The smallest absolute Gasteiger partial charge is 0.302 e. The monoisotopic (exact) mass is 393 g/mol. The Morgan fingerprint density at radius 3 is 2.52 bits per heavy atom. The minimum atomic E-state index is -0.520. The highest BCUT2D eigenvalue weighted by molar-refractivity contribution is 5.95. The predicted octanol–water partition coefficient (Wildman–Crippen LogP) is 5.49. The summed E-state index contributed by atoms with van der Waals surface area (Å²) in [4.78, 5) is 12.2. The number of benzene rings is 2. The van der Waals surface area contributed by atoms with E-state index < -0.39 is 5.91 Å². The number of azo groups is 1. The number of hydrogen-bond acceptors (Lipinski definition) is 4. The molecule has 1 amide bonds. The van der Waals surface area contributed by atoms with Crippen molar-refractivity contribution in [1.29, 1.82) is 0 Å². The van der Waals surface area contributed by atoms with Gasteiger partial charge < -0.3 is 14.4 Å². The molecule has 3 rings (SSSR count). The van der Waals surface area contributed by atoms with Crippen LogP contribution in [0.15, 0.2) is 46.6 Å². The van der Waals surface area contributed by atoms with Crippen LogP contribution in [0.5, 0.6) is 11.6 Å². The highest BCUT2D eigenvalue weighted by Crippen LogP contribution is 2.38. The van der Waals surface area contributed by atoms with E-state index in [0.29, 0.717) is 5.75 Å². The molecule has 6 heteroatoms. The first-order valence-corrected chi connectivity index (χ1v) is 9.54. The van der Waals surface area contributed by atoms with Crippen molar-refractivity contribution < 1.29 is 14.6 Å². The fraction of sp³-hybridized carbons (Fsp3) is 0.348. The minimum absolute atomic E-state index is 0.0309. The van der Waals surface area contributed by atoms with Crippen LogP contribution in [0.25, 0.3) is 10.9 Å². The van der Waals surface area contributed by atoms with Crippen LogP contribution in [0.3, 0.4) is 0 Å². The number of ether oxygens (including phenoxy) is 1. The Kier molecular flexibility index (Phi) is 5.46. The molecule has 1 heterocycles. The van der Waals surface area contributed by atoms with E-state index in [2.05, 4.69) is 37.1 Å². The second-order valence-electron chi connectivity index (χ2n) is 8.36. The molecule has 29 heavy (non-hydrogen) atoms. The first-order chi connectivity index (χ1) is 13.6. The van der Waals surface area contributed by atoms with Crippen LogP contribution in [-0.4, -0.2) is 22.2 Å². The molecule has 1 N–H and O–H groups in total. The van der Waals surface area contributed by atoms with E-state index in [1.807, 2.05) is 44.2 Å². The second-order valence-corrected chi connectivity index (χ2v) is 8.36. The van der Waals surface area contributed by atoms with Gasteiger partial charge >= 0.3 is 5.91 Å². The molecule has 0 aliphatic rings. The Hall–Kier alpha value is -3.15. The number of fused-ring (bicyclic) bond motifs is 1. The van der Waals surface area contributed by atoms with E-state index in [0.717, 1.165) is 22.0 Å². The van der Waals surface area contributed by atoms with Gasteiger partial charge in [0, 0.05) is 12.4 Å². The molecule has 1 aromatic heterocycles. The lowest BCUT2D eigenvalue weighted by atomic mass is 9.86. The number of carbonyl (C=O) groups is 1. The van der Waals surface area contributed by atoms with E-state index in [-0.39, 0.29) is 23.6 Å². The first-order valence-electron chi connectivity index (χ1n) is 9.54. The fourth-order valence-corrected chi connectivity index (χ4v) is 3.18. The lowest BCUT2D eigenvalue weighted by Crippen LogP contribution is -2.12. The van der Waals surface area contributed by atoms with E-state index >= 15 is 0 Å². The van der Waals surface area contributed by atoms with Gasteiger partial charge in [-0.25, -0.2) is 0 Å². The molecule has 0 unspecified atom stereocenters. The van der Waals surface area contributed by atoms with Gasteiger partial charge in [0.1, 0.15) is 5.75 Å². The summed E-state index contributed by atoms with van der Waals surface area (Å²) in [6.07, 6.45) is 0. The van der Waals surface area contributed by atoms with Gasteiger partial charge in [-0.15, -0.1) is 10.2 Å². The Morgan fingerprint density at radius 1 is 1.14 bits per heavy atom. The molecule has 0 saturated heterocycles. The minimum Gasteiger partial charge on any atom is -0.493 e. The van der Waals surface area contributed by atoms with Gasteiger partial charge in [0.25, 0.3) is 0 Å². The molecule has 3 aromatic rings. The zero-order valence-electron chi connectivity index (χ0n) is 17.8. The van der Waals surface area contributed by atoms with Crippen molar-refractivity contribution in [3.8, 4) is 11.6 Å². The summed E-state index contributed by atoms with van der Waals surface area (Å²) in [5, 5.41) is 18.8. The Bertz CT molecular complexity index is 1100. The average Bonchev–Trinajstić information content (AvgIpc) is 2.88. The Labute approximate surface area is 170 Å². The third kappa shape index (κ3) is 4.31. The van der Waals surface area contributed by atoms with E-state index in [1.165, 1.54) is 5.56 Å². The van der Waals surface area contributed by atoms with Gasteiger partial charge in [0.2, 0.25) is 5.88 Å². The van der Waals surface area contributed by atoms with Crippen LogP contribution in [0.2, 0.25) is 0 Å². The van der Waals surface area contributed by atoms with Crippen molar-refractivity contribution in [3.05, 3.63) is 53.1 Å². The van der Waals surface area contributed by atoms with Crippen molar-refractivity contribution in [2.45, 2.75) is 40.0 Å². The summed E-state index contributed by atoms with van der Waals surface area (Å²) in [7, 11) is 1.74. The van der Waals surface area contributed by atoms with Gasteiger partial charge in [-0.2, -0.15) is 0 Å². The standard InChI is InChI=1S/C23H27N3O3/c1-14-7-9-18-17(11-14)21(22(28)26(18)6)25-24-20(27)13-29-19-10-8-16(12-15(19)2)23(3,4)5/h7-12,28H,13H2,1-6H3. The second kappa shape index (κ2) is 7.70. The van der Waals surface area contributed by atoms with Crippen molar-refractivity contribution in [2.24, 2.45) is 17.3 Å². The molecule has 2 aromatic carbocycles. The third-order valence-corrected chi connectivity index (χ3v) is 4.95. The van der Waals surface area contributed by atoms with Gasteiger partial charge in [-0.3, -0.25) is 4.79 Å². The Morgan fingerprint density at radius 2 is 1.86 bits per heavy atom. The molecule has 0 bridgehead atoms. The molecule has 0 saturated carbocycles. The molecular formula is C23H27N3O3. The molecule has 0 atom stereocenters. The summed E-state index contributed by atoms with van der Waals surface area (Å²) < 4.78 is 7.24. The topological polar surface area (TPSA) is 76.2 Å². The van der Waals surface area contributed by atoms with E-state index in [9.17, 15) is 9.90 Å². The summed E-state index contributed by atoms with van der Waals surface area (Å²) in [6, 6.07) is 11.7. The maximum absolute atomic E-state index is 12.2. The molecule has 6 nitrogen and oxygen atoms in total. The number of aromatic nitrogens is 1. The highest BCUT2D eigenvalue weighted by Gasteiger charge is 2.16. The number of aryl methyl sites for hydroxylation is 3. The van der Waals surface area contributed by atoms with Crippen molar-refractivity contribution in [3.63, 3.8) is 0 Å². The summed E-state index contributed by atoms with van der Waals surface area (Å²) >= 11 is 0. The highest BCUT2D eigenvalue weighted by atomic mass is 16.5. The number of hydrogen-bond donors (Lipinski definition) is 1. The Balaban J connectivity index is 1.74. The molecule has 0 aliphatic heterocycles. The van der Waals surface area contributed by atoms with E-state index in [4.69, 9.17) is 4.74 Å². The lowest BCUT2D eigenvalue weighted by Gasteiger charge is -2.20. The molecular weight excluding hydrogens is 366 g/mol. The predicted molar refractivity (Wildman–Crippen MR) is 114 cm³/mol. The first kappa shape index (κ1) is 20.6. The van der Waals surface area contributed by atoms with Crippen molar-refractivity contribution in [2.75, 3.05) is 6.61 Å². The molecule has 0 radical (unpaired) electrons.